The number of carbonyl (C=O) groups is 2. The lowest BCUT2D eigenvalue weighted by molar-refractivity contribution is -0.138. The second-order valence-electron chi connectivity index (χ2n) is 5.93. The fourth-order valence-electron chi connectivity index (χ4n) is 2.69. The molecule has 0 aliphatic heterocycles. The molecule has 0 atom stereocenters. The number of hydrogen-bond acceptors (Lipinski definition) is 4. The van der Waals surface area contributed by atoms with Gasteiger partial charge in [0, 0.05) is 0 Å². The van der Waals surface area contributed by atoms with Crippen LogP contribution >= 0.6 is 0 Å². The highest BCUT2D eigenvalue weighted by molar-refractivity contribution is 6.05. The maximum atomic E-state index is 13.2. The molecule has 2 N–H and O–H groups in total. The Morgan fingerprint density at radius 3 is 1.73 bits per heavy atom. The molecule has 3 aromatic rings. The Morgan fingerprint density at radius 1 is 0.667 bits per heavy atom. The van der Waals surface area contributed by atoms with Gasteiger partial charge < -0.3 is 19.7 Å². The fourth-order valence-corrected chi connectivity index (χ4v) is 2.69. The van der Waals surface area contributed by atoms with E-state index in [0.717, 1.165) is 6.07 Å². The molecular weight excluding hydrogens is 405 g/mol. The molecule has 0 saturated heterocycles. The predicted molar refractivity (Wildman–Crippen MR) is 98.4 cm³/mol. The number of ether oxygens (including phenoxy) is 2. The lowest BCUT2D eigenvalue weighted by atomic mass is 9.99. The number of rotatable bonds is 6. The van der Waals surface area contributed by atoms with Crippen LogP contribution in [0.3, 0.4) is 0 Å². The molecule has 0 spiro atoms. The molecule has 0 bridgehead atoms. The van der Waals surface area contributed by atoms with E-state index in [-0.39, 0.29) is 11.5 Å². The van der Waals surface area contributed by atoms with Crippen LogP contribution in [0, 0.1) is 0 Å². The summed E-state index contributed by atoms with van der Waals surface area (Å²) in [6.07, 6.45) is -5.06. The zero-order valence-corrected chi connectivity index (χ0v) is 15.0. The molecule has 0 fully saturated rings. The fraction of sp³-hybridized carbons (Fsp3) is 0.0476. The molecule has 0 unspecified atom stereocenters. The zero-order chi connectivity index (χ0) is 21.9. The minimum Gasteiger partial charge on any atom is -0.478 e. The number of para-hydroxylation sites is 3. The molecule has 0 aliphatic rings. The van der Waals surface area contributed by atoms with Crippen LogP contribution in [0.5, 0.6) is 23.0 Å². The van der Waals surface area contributed by atoms with Gasteiger partial charge in [-0.05, 0) is 36.4 Å². The molecule has 154 valence electrons. The lowest BCUT2D eigenvalue weighted by Crippen LogP contribution is -2.18. The van der Waals surface area contributed by atoms with E-state index >= 15 is 0 Å². The molecule has 6 nitrogen and oxygen atoms in total. The lowest BCUT2D eigenvalue weighted by Gasteiger charge is -2.17. The van der Waals surface area contributed by atoms with Crippen molar-refractivity contribution in [3.05, 3.63) is 83.4 Å². The van der Waals surface area contributed by atoms with E-state index in [4.69, 9.17) is 9.47 Å². The van der Waals surface area contributed by atoms with Crippen LogP contribution in [0.4, 0.5) is 13.2 Å². The number of halogens is 3. The molecule has 0 saturated carbocycles. The summed E-state index contributed by atoms with van der Waals surface area (Å²) in [5, 5.41) is 18.7. The number of benzene rings is 3. The monoisotopic (exact) mass is 418 g/mol. The zero-order valence-electron chi connectivity index (χ0n) is 15.0. The molecule has 30 heavy (non-hydrogen) atoms. The minimum absolute atomic E-state index is 0.0139. The molecule has 0 radical (unpaired) electrons. The van der Waals surface area contributed by atoms with Gasteiger partial charge in [0.15, 0.2) is 11.5 Å². The number of carboxylic acid groups (broad SMARTS) is 2. The van der Waals surface area contributed by atoms with Crippen LogP contribution in [0.25, 0.3) is 0 Å². The van der Waals surface area contributed by atoms with E-state index in [0.29, 0.717) is 11.8 Å². The summed E-state index contributed by atoms with van der Waals surface area (Å²) in [7, 11) is 0. The van der Waals surface area contributed by atoms with Crippen molar-refractivity contribution in [2.45, 2.75) is 6.18 Å². The summed E-state index contributed by atoms with van der Waals surface area (Å²) < 4.78 is 50.8. The standard InChI is InChI=1S/C21H13F3O6/c22-21(23,24)13-10-11-16(18(20(27)28)17(13)19(25)26)30-15-9-5-4-8-14(15)29-12-6-2-1-3-7-12/h1-11H,(H,25,26)(H,27,28). The average molecular weight is 418 g/mol. The van der Waals surface area contributed by atoms with Gasteiger partial charge in [0.1, 0.15) is 17.1 Å². The minimum atomic E-state index is -5.06. The first-order valence-electron chi connectivity index (χ1n) is 8.39. The summed E-state index contributed by atoms with van der Waals surface area (Å²) in [5.74, 6) is -3.92. The van der Waals surface area contributed by atoms with Crippen LogP contribution in [0.2, 0.25) is 0 Å². The van der Waals surface area contributed by atoms with E-state index < -0.39 is 40.6 Å². The normalized spacial score (nSPS) is 11.0. The topological polar surface area (TPSA) is 93.1 Å². The van der Waals surface area contributed by atoms with Crippen molar-refractivity contribution < 1.29 is 42.4 Å². The molecule has 3 aromatic carbocycles. The van der Waals surface area contributed by atoms with Crippen molar-refractivity contribution in [1.82, 2.24) is 0 Å². The van der Waals surface area contributed by atoms with Crippen LogP contribution in [0.15, 0.2) is 66.7 Å². The van der Waals surface area contributed by atoms with Gasteiger partial charge >= 0.3 is 18.1 Å². The molecule has 0 amide bonds. The quantitative estimate of drug-likeness (QED) is 0.535. The molecule has 0 aromatic heterocycles. The Kier molecular flexibility index (Phi) is 5.63. The highest BCUT2D eigenvalue weighted by Crippen LogP contribution is 2.40. The molecule has 9 heteroatoms. The van der Waals surface area contributed by atoms with Crippen LogP contribution < -0.4 is 9.47 Å². The van der Waals surface area contributed by atoms with Crippen molar-refractivity contribution in [1.29, 1.82) is 0 Å². The number of carboxylic acids is 2. The van der Waals surface area contributed by atoms with E-state index in [1.807, 2.05) is 0 Å². The first-order valence-corrected chi connectivity index (χ1v) is 8.39. The van der Waals surface area contributed by atoms with Crippen molar-refractivity contribution in [2.24, 2.45) is 0 Å². The molecular formula is C21H13F3O6. The predicted octanol–water partition coefficient (Wildman–Crippen LogP) is 5.69. The van der Waals surface area contributed by atoms with Crippen LogP contribution in [0.1, 0.15) is 26.3 Å². The smallest absolute Gasteiger partial charge is 0.417 e. The van der Waals surface area contributed by atoms with Crippen LogP contribution in [-0.4, -0.2) is 22.2 Å². The maximum absolute atomic E-state index is 13.2. The van der Waals surface area contributed by atoms with Gasteiger partial charge in [0.25, 0.3) is 0 Å². The Bertz CT molecular complexity index is 1090. The number of hydrogen-bond donors (Lipinski definition) is 2. The van der Waals surface area contributed by atoms with Gasteiger partial charge in [0.05, 0.1) is 11.1 Å². The Hall–Kier alpha value is -4.01. The first kappa shape index (κ1) is 20.7. The third-order valence-corrected chi connectivity index (χ3v) is 3.94. The van der Waals surface area contributed by atoms with Crippen molar-refractivity contribution in [3.63, 3.8) is 0 Å². The molecule has 0 aliphatic carbocycles. The van der Waals surface area contributed by atoms with Crippen LogP contribution in [-0.2, 0) is 6.18 Å². The highest BCUT2D eigenvalue weighted by Gasteiger charge is 2.39. The van der Waals surface area contributed by atoms with Crippen molar-refractivity contribution in [3.8, 4) is 23.0 Å². The molecule has 3 rings (SSSR count). The first-order chi connectivity index (χ1) is 14.2. The summed E-state index contributed by atoms with van der Waals surface area (Å²) in [4.78, 5) is 23.1. The number of alkyl halides is 3. The Labute approximate surface area is 167 Å². The average Bonchev–Trinajstić information content (AvgIpc) is 2.68. The van der Waals surface area contributed by atoms with E-state index in [9.17, 15) is 33.0 Å². The van der Waals surface area contributed by atoms with E-state index in [1.165, 1.54) is 18.2 Å². The van der Waals surface area contributed by atoms with Gasteiger partial charge in [-0.25, -0.2) is 9.59 Å². The van der Waals surface area contributed by atoms with Gasteiger partial charge in [-0.2, -0.15) is 13.2 Å². The SMILES string of the molecule is O=C(O)c1c(Oc2ccccc2Oc2ccccc2)ccc(C(F)(F)F)c1C(=O)O. The number of aromatic carboxylic acids is 2. The second kappa shape index (κ2) is 8.16. The summed E-state index contributed by atoms with van der Waals surface area (Å²) >= 11 is 0. The van der Waals surface area contributed by atoms with Crippen molar-refractivity contribution >= 4 is 11.9 Å². The van der Waals surface area contributed by atoms with Crippen molar-refractivity contribution in [2.75, 3.05) is 0 Å². The van der Waals surface area contributed by atoms with Gasteiger partial charge in [-0.3, -0.25) is 0 Å². The summed E-state index contributed by atoms with van der Waals surface area (Å²) in [5.41, 5.74) is -4.12. The highest BCUT2D eigenvalue weighted by atomic mass is 19.4. The van der Waals surface area contributed by atoms with Gasteiger partial charge in [-0.1, -0.05) is 30.3 Å². The summed E-state index contributed by atoms with van der Waals surface area (Å²) in [6.45, 7) is 0. The van der Waals surface area contributed by atoms with E-state index in [1.54, 1.807) is 36.4 Å². The Morgan fingerprint density at radius 2 is 1.20 bits per heavy atom. The van der Waals surface area contributed by atoms with Gasteiger partial charge in [0.2, 0.25) is 0 Å². The van der Waals surface area contributed by atoms with Gasteiger partial charge in [-0.15, -0.1) is 0 Å². The second-order valence-corrected chi connectivity index (χ2v) is 5.93. The third kappa shape index (κ3) is 4.35. The summed E-state index contributed by atoms with van der Waals surface area (Å²) in [6, 6.07) is 15.8. The van der Waals surface area contributed by atoms with E-state index in [2.05, 4.69) is 0 Å². The molecule has 0 heterocycles. The third-order valence-electron chi connectivity index (χ3n) is 3.94. The maximum Gasteiger partial charge on any atom is 0.417 e. The Balaban J connectivity index is 2.09. The largest absolute Gasteiger partial charge is 0.478 e.